The number of nitriles is 1. The van der Waals surface area contributed by atoms with Crippen LogP contribution in [-0.2, 0) is 4.74 Å². The summed E-state index contributed by atoms with van der Waals surface area (Å²) in [5.74, 6) is -0.303. The molecule has 0 aromatic carbocycles. The molecule has 5 nitrogen and oxygen atoms in total. The quantitative estimate of drug-likeness (QED) is 0.771. The van der Waals surface area contributed by atoms with E-state index in [0.29, 0.717) is 12.0 Å². The van der Waals surface area contributed by atoms with Gasteiger partial charge >= 0.3 is 5.97 Å². The van der Waals surface area contributed by atoms with Crippen molar-refractivity contribution < 1.29 is 9.53 Å². The maximum Gasteiger partial charge on any atom is 0.338 e. The highest BCUT2D eigenvalue weighted by Crippen LogP contribution is 2.27. The number of aromatic nitrogens is 2. The van der Waals surface area contributed by atoms with Crippen molar-refractivity contribution in [2.45, 2.75) is 25.4 Å². The van der Waals surface area contributed by atoms with Gasteiger partial charge in [0.15, 0.2) is 0 Å². The molecule has 2 atom stereocenters. The first-order valence-electron chi connectivity index (χ1n) is 6.28. The molecule has 0 spiro atoms. The van der Waals surface area contributed by atoms with E-state index in [0.717, 1.165) is 18.4 Å². The standard InChI is InChI=1S/C14H13N3O2/c15-7-10-1-2-13(5-10)19-14(18)11-3-4-17-9-16-8-12(17)6-11/h3-4,6,8-10,13H,1-2,5H2/t10-,13-/m0/s1. The Balaban J connectivity index is 1.72. The molecule has 19 heavy (non-hydrogen) atoms. The van der Waals surface area contributed by atoms with Crippen LogP contribution in [0.15, 0.2) is 30.9 Å². The molecule has 1 fully saturated rings. The lowest BCUT2D eigenvalue weighted by molar-refractivity contribution is 0.0313. The molecule has 2 aromatic heterocycles. The Bertz CT molecular complexity index is 656. The summed E-state index contributed by atoms with van der Waals surface area (Å²) in [4.78, 5) is 16.0. The summed E-state index contributed by atoms with van der Waals surface area (Å²) in [7, 11) is 0. The summed E-state index contributed by atoms with van der Waals surface area (Å²) in [5, 5.41) is 8.83. The van der Waals surface area contributed by atoms with E-state index >= 15 is 0 Å². The maximum absolute atomic E-state index is 12.0. The topological polar surface area (TPSA) is 67.4 Å². The summed E-state index contributed by atoms with van der Waals surface area (Å²) >= 11 is 0. The highest BCUT2D eigenvalue weighted by Gasteiger charge is 2.27. The molecule has 1 saturated carbocycles. The van der Waals surface area contributed by atoms with Crippen molar-refractivity contribution in [3.8, 4) is 6.07 Å². The number of hydrogen-bond acceptors (Lipinski definition) is 4. The summed E-state index contributed by atoms with van der Waals surface area (Å²) < 4.78 is 7.27. The van der Waals surface area contributed by atoms with Crippen LogP contribution in [0.1, 0.15) is 29.6 Å². The number of fused-ring (bicyclic) bond motifs is 1. The minimum absolute atomic E-state index is 0.0232. The zero-order chi connectivity index (χ0) is 13.2. The summed E-state index contributed by atoms with van der Waals surface area (Å²) in [5.41, 5.74) is 1.38. The number of ether oxygens (including phenoxy) is 1. The number of hydrogen-bond donors (Lipinski definition) is 0. The third-order valence-corrected chi connectivity index (χ3v) is 3.49. The van der Waals surface area contributed by atoms with Gasteiger partial charge in [-0.25, -0.2) is 9.78 Å². The molecule has 0 amide bonds. The number of esters is 1. The largest absolute Gasteiger partial charge is 0.459 e. The molecule has 96 valence electrons. The Morgan fingerprint density at radius 2 is 2.42 bits per heavy atom. The summed E-state index contributed by atoms with van der Waals surface area (Å²) in [6.45, 7) is 0. The van der Waals surface area contributed by atoms with Crippen molar-refractivity contribution >= 4 is 11.5 Å². The summed E-state index contributed by atoms with van der Waals surface area (Å²) in [6, 6.07) is 5.70. The average Bonchev–Trinajstić information content (AvgIpc) is 3.05. The van der Waals surface area contributed by atoms with Crippen LogP contribution in [0.25, 0.3) is 5.52 Å². The van der Waals surface area contributed by atoms with Crippen LogP contribution in [0.4, 0.5) is 0 Å². The molecule has 0 aliphatic heterocycles. The van der Waals surface area contributed by atoms with Crippen molar-refractivity contribution in [2.75, 3.05) is 0 Å². The van der Waals surface area contributed by atoms with Gasteiger partial charge in [0.05, 0.1) is 29.7 Å². The Kier molecular flexibility index (Phi) is 2.92. The molecule has 2 heterocycles. The van der Waals surface area contributed by atoms with Gasteiger partial charge in [0, 0.05) is 18.5 Å². The lowest BCUT2D eigenvalue weighted by atomic mass is 10.1. The highest BCUT2D eigenvalue weighted by molar-refractivity contribution is 5.90. The van der Waals surface area contributed by atoms with Crippen molar-refractivity contribution in [3.05, 3.63) is 36.4 Å². The van der Waals surface area contributed by atoms with Crippen molar-refractivity contribution in [3.63, 3.8) is 0 Å². The van der Waals surface area contributed by atoms with E-state index in [2.05, 4.69) is 11.1 Å². The van der Waals surface area contributed by atoms with Crippen LogP contribution < -0.4 is 0 Å². The SMILES string of the molecule is N#C[C@H]1CC[C@H](OC(=O)c2ccn3cncc3c2)C1. The first kappa shape index (κ1) is 11.7. The Hall–Kier alpha value is -2.35. The molecule has 3 rings (SSSR count). The van der Waals surface area contributed by atoms with Crippen LogP contribution in [0.2, 0.25) is 0 Å². The second kappa shape index (κ2) is 4.73. The number of pyridine rings is 1. The smallest absolute Gasteiger partial charge is 0.338 e. The molecule has 0 bridgehead atoms. The van der Waals surface area contributed by atoms with Gasteiger partial charge in [0.1, 0.15) is 6.10 Å². The number of rotatable bonds is 2. The van der Waals surface area contributed by atoms with Crippen LogP contribution in [0, 0.1) is 17.2 Å². The second-order valence-corrected chi connectivity index (χ2v) is 4.81. The fourth-order valence-electron chi connectivity index (χ4n) is 2.43. The van der Waals surface area contributed by atoms with E-state index in [1.54, 1.807) is 30.9 Å². The molecule has 1 aliphatic rings. The molecule has 2 aromatic rings. The first-order chi connectivity index (χ1) is 9.26. The molecule has 0 N–H and O–H groups in total. The third-order valence-electron chi connectivity index (χ3n) is 3.49. The fraction of sp³-hybridized carbons (Fsp3) is 0.357. The average molecular weight is 255 g/mol. The predicted molar refractivity (Wildman–Crippen MR) is 67.3 cm³/mol. The van der Waals surface area contributed by atoms with Crippen LogP contribution in [0.5, 0.6) is 0 Å². The minimum atomic E-state index is -0.327. The van der Waals surface area contributed by atoms with Gasteiger partial charge in [0.25, 0.3) is 0 Å². The monoisotopic (exact) mass is 255 g/mol. The normalized spacial score (nSPS) is 22.3. The molecule has 1 aliphatic carbocycles. The lowest BCUT2D eigenvalue weighted by Gasteiger charge is -2.11. The second-order valence-electron chi connectivity index (χ2n) is 4.81. The number of nitrogens with zero attached hydrogens (tertiary/aromatic N) is 3. The van der Waals surface area contributed by atoms with Gasteiger partial charge in [-0.1, -0.05) is 0 Å². The van der Waals surface area contributed by atoms with Gasteiger partial charge in [-0.05, 0) is 25.0 Å². The minimum Gasteiger partial charge on any atom is -0.459 e. The van der Waals surface area contributed by atoms with Crippen LogP contribution in [0.3, 0.4) is 0 Å². The summed E-state index contributed by atoms with van der Waals surface area (Å²) in [6.07, 6.45) is 7.27. The molecule has 0 radical (unpaired) electrons. The van der Waals surface area contributed by atoms with E-state index in [9.17, 15) is 4.79 Å². The number of carbonyl (C=O) groups is 1. The Morgan fingerprint density at radius 1 is 1.53 bits per heavy atom. The Morgan fingerprint density at radius 3 is 3.21 bits per heavy atom. The van der Waals surface area contributed by atoms with E-state index < -0.39 is 0 Å². The van der Waals surface area contributed by atoms with Crippen molar-refractivity contribution in [1.82, 2.24) is 9.38 Å². The predicted octanol–water partition coefficient (Wildman–Crippen LogP) is 2.18. The van der Waals surface area contributed by atoms with E-state index in [4.69, 9.17) is 10.00 Å². The molecule has 5 heteroatoms. The van der Waals surface area contributed by atoms with Gasteiger partial charge < -0.3 is 9.14 Å². The zero-order valence-electron chi connectivity index (χ0n) is 10.3. The zero-order valence-corrected chi connectivity index (χ0v) is 10.3. The highest BCUT2D eigenvalue weighted by atomic mass is 16.5. The molecule has 0 unspecified atom stereocenters. The van der Waals surface area contributed by atoms with Gasteiger partial charge in [-0.15, -0.1) is 0 Å². The first-order valence-corrected chi connectivity index (χ1v) is 6.28. The van der Waals surface area contributed by atoms with Crippen LogP contribution >= 0.6 is 0 Å². The molecular formula is C14H13N3O2. The molecule has 0 saturated heterocycles. The Labute approximate surface area is 110 Å². The fourth-order valence-corrected chi connectivity index (χ4v) is 2.43. The van der Waals surface area contributed by atoms with Crippen molar-refractivity contribution in [1.29, 1.82) is 5.26 Å². The van der Waals surface area contributed by atoms with E-state index in [1.807, 2.05) is 4.40 Å². The van der Waals surface area contributed by atoms with Crippen LogP contribution in [-0.4, -0.2) is 21.5 Å². The number of carbonyl (C=O) groups excluding carboxylic acids is 1. The van der Waals surface area contributed by atoms with Gasteiger partial charge in [-0.3, -0.25) is 0 Å². The van der Waals surface area contributed by atoms with E-state index in [1.165, 1.54) is 0 Å². The van der Waals surface area contributed by atoms with Gasteiger partial charge in [0.2, 0.25) is 0 Å². The van der Waals surface area contributed by atoms with Gasteiger partial charge in [-0.2, -0.15) is 5.26 Å². The van der Waals surface area contributed by atoms with Crippen molar-refractivity contribution in [2.24, 2.45) is 5.92 Å². The third kappa shape index (κ3) is 2.29. The lowest BCUT2D eigenvalue weighted by Crippen LogP contribution is -2.15. The van der Waals surface area contributed by atoms with E-state index in [-0.39, 0.29) is 18.0 Å². The number of imidazole rings is 1. The maximum atomic E-state index is 12.0. The molecular weight excluding hydrogens is 242 g/mol.